The van der Waals surface area contributed by atoms with Gasteiger partial charge in [-0.2, -0.15) is 4.31 Å². The lowest BCUT2D eigenvalue weighted by atomic mass is 9.85. The summed E-state index contributed by atoms with van der Waals surface area (Å²) in [6.07, 6.45) is 4.21. The Morgan fingerprint density at radius 1 is 1.37 bits per heavy atom. The Labute approximate surface area is 113 Å². The smallest absolute Gasteiger partial charge is 0.322 e. The number of hydrogen-bond acceptors (Lipinski definition) is 4. The maximum Gasteiger partial charge on any atom is 0.322 e. The third-order valence-electron chi connectivity index (χ3n) is 4.18. The normalized spacial score (nSPS) is 32.2. The van der Waals surface area contributed by atoms with E-state index in [1.165, 1.54) is 11.4 Å². The summed E-state index contributed by atoms with van der Waals surface area (Å²) in [5, 5.41) is 9.28. The highest BCUT2D eigenvalue weighted by atomic mass is 32.2. The van der Waals surface area contributed by atoms with Gasteiger partial charge in [-0.25, -0.2) is 8.42 Å². The van der Waals surface area contributed by atoms with Crippen molar-refractivity contribution in [3.05, 3.63) is 0 Å². The third kappa shape index (κ3) is 2.93. The second kappa shape index (κ2) is 5.76. The van der Waals surface area contributed by atoms with Gasteiger partial charge in [-0.05, 0) is 25.2 Å². The highest BCUT2D eigenvalue weighted by molar-refractivity contribution is 7.89. The minimum Gasteiger partial charge on any atom is -0.480 e. The SMILES string of the molecule is COCCS(=O)(=O)N1[C@H](C(=O)O)C[C@@H]2CCCC[C@@H]21. The van der Waals surface area contributed by atoms with Crippen LogP contribution < -0.4 is 0 Å². The topological polar surface area (TPSA) is 83.9 Å². The van der Waals surface area contributed by atoms with E-state index >= 15 is 0 Å². The van der Waals surface area contributed by atoms with Crippen molar-refractivity contribution in [2.45, 2.75) is 44.2 Å². The fourth-order valence-electron chi connectivity index (χ4n) is 3.32. The average molecular weight is 291 g/mol. The number of hydrogen-bond donors (Lipinski definition) is 1. The van der Waals surface area contributed by atoms with Crippen LogP contribution in [0.15, 0.2) is 0 Å². The molecule has 0 amide bonds. The Kier molecular flexibility index (Phi) is 4.47. The molecule has 0 unspecified atom stereocenters. The number of carboxylic acid groups (broad SMARTS) is 1. The number of ether oxygens (including phenoxy) is 1. The lowest BCUT2D eigenvalue weighted by Gasteiger charge is -2.32. The summed E-state index contributed by atoms with van der Waals surface area (Å²) < 4.78 is 30.8. The number of fused-ring (bicyclic) bond motifs is 1. The first-order chi connectivity index (χ1) is 8.97. The number of carbonyl (C=O) groups is 1. The summed E-state index contributed by atoms with van der Waals surface area (Å²) in [5.74, 6) is -0.973. The standard InChI is InChI=1S/C12H21NO5S/c1-18-6-7-19(16,17)13-10-5-3-2-4-9(10)8-11(13)12(14)15/h9-11H,2-8H2,1H3,(H,14,15)/t9-,10-,11-/m0/s1. The molecule has 110 valence electrons. The van der Waals surface area contributed by atoms with Crippen LogP contribution in [0.1, 0.15) is 32.1 Å². The predicted molar refractivity (Wildman–Crippen MR) is 69.3 cm³/mol. The van der Waals surface area contributed by atoms with Crippen LogP contribution in [-0.2, 0) is 19.6 Å². The molecule has 0 bridgehead atoms. The van der Waals surface area contributed by atoms with Gasteiger partial charge in [0.15, 0.2) is 0 Å². The summed E-state index contributed by atoms with van der Waals surface area (Å²) in [5.41, 5.74) is 0. The van der Waals surface area contributed by atoms with E-state index in [4.69, 9.17) is 4.74 Å². The molecule has 1 saturated heterocycles. The first-order valence-corrected chi connectivity index (χ1v) is 8.31. The molecule has 19 heavy (non-hydrogen) atoms. The van der Waals surface area contributed by atoms with Gasteiger partial charge in [0, 0.05) is 13.2 Å². The van der Waals surface area contributed by atoms with E-state index in [0.717, 1.165) is 25.7 Å². The fraction of sp³-hybridized carbons (Fsp3) is 0.917. The summed E-state index contributed by atoms with van der Waals surface area (Å²) in [7, 11) is -2.12. The summed E-state index contributed by atoms with van der Waals surface area (Å²) in [4.78, 5) is 11.3. The minimum absolute atomic E-state index is 0.0998. The molecule has 6 nitrogen and oxygen atoms in total. The molecule has 1 saturated carbocycles. The molecule has 1 aliphatic heterocycles. The minimum atomic E-state index is -3.56. The molecular weight excluding hydrogens is 270 g/mol. The largest absolute Gasteiger partial charge is 0.480 e. The van der Waals surface area contributed by atoms with Crippen molar-refractivity contribution in [3.63, 3.8) is 0 Å². The van der Waals surface area contributed by atoms with Crippen molar-refractivity contribution in [2.24, 2.45) is 5.92 Å². The summed E-state index contributed by atoms with van der Waals surface area (Å²) in [6, 6.07) is -1.02. The van der Waals surface area contributed by atoms with Crippen LogP contribution in [0.25, 0.3) is 0 Å². The number of carboxylic acids is 1. The van der Waals surface area contributed by atoms with Gasteiger partial charge in [-0.15, -0.1) is 0 Å². The lowest BCUT2D eigenvalue weighted by Crippen LogP contribution is -2.47. The second-order valence-electron chi connectivity index (χ2n) is 5.34. The highest BCUT2D eigenvalue weighted by Gasteiger charge is 2.50. The highest BCUT2D eigenvalue weighted by Crippen LogP contribution is 2.41. The quantitative estimate of drug-likeness (QED) is 0.805. The zero-order chi connectivity index (χ0) is 14.0. The monoisotopic (exact) mass is 291 g/mol. The van der Waals surface area contributed by atoms with Gasteiger partial charge in [-0.1, -0.05) is 12.8 Å². The molecule has 7 heteroatoms. The maximum absolute atomic E-state index is 12.3. The van der Waals surface area contributed by atoms with Crippen LogP contribution in [0.2, 0.25) is 0 Å². The van der Waals surface area contributed by atoms with Crippen molar-refractivity contribution in [1.82, 2.24) is 4.31 Å². The van der Waals surface area contributed by atoms with Gasteiger partial charge >= 0.3 is 5.97 Å². The van der Waals surface area contributed by atoms with E-state index in [0.29, 0.717) is 6.42 Å². The number of sulfonamides is 1. The van der Waals surface area contributed by atoms with E-state index < -0.39 is 22.0 Å². The molecule has 0 spiro atoms. The van der Waals surface area contributed by atoms with Crippen molar-refractivity contribution in [3.8, 4) is 0 Å². The second-order valence-corrected chi connectivity index (χ2v) is 7.33. The number of aliphatic carboxylic acids is 1. The molecule has 1 heterocycles. The Bertz CT molecular complexity index is 435. The summed E-state index contributed by atoms with van der Waals surface area (Å²) in [6.45, 7) is 0.0998. The van der Waals surface area contributed by atoms with Crippen molar-refractivity contribution >= 4 is 16.0 Å². The first kappa shape index (κ1) is 14.7. The molecule has 0 aromatic carbocycles. The van der Waals surface area contributed by atoms with Crippen molar-refractivity contribution in [2.75, 3.05) is 19.5 Å². The Morgan fingerprint density at radius 3 is 2.68 bits per heavy atom. The van der Waals surface area contributed by atoms with E-state index in [1.807, 2.05) is 0 Å². The maximum atomic E-state index is 12.3. The molecule has 2 rings (SSSR count). The van der Waals surface area contributed by atoms with Crippen LogP contribution in [0.4, 0.5) is 0 Å². The van der Waals surface area contributed by atoms with Gasteiger partial charge in [-0.3, -0.25) is 4.79 Å². The van der Waals surface area contributed by atoms with E-state index in [1.54, 1.807) is 0 Å². The number of nitrogens with zero attached hydrogens (tertiary/aromatic N) is 1. The molecule has 2 fully saturated rings. The van der Waals surface area contributed by atoms with E-state index in [9.17, 15) is 18.3 Å². The van der Waals surface area contributed by atoms with Gasteiger partial charge in [0.05, 0.1) is 12.4 Å². The zero-order valence-corrected chi connectivity index (χ0v) is 11.9. The fourth-order valence-corrected chi connectivity index (χ4v) is 5.17. The summed E-state index contributed by atoms with van der Waals surface area (Å²) >= 11 is 0. The molecule has 0 aromatic rings. The van der Waals surface area contributed by atoms with Crippen LogP contribution in [0.3, 0.4) is 0 Å². The Hall–Kier alpha value is -0.660. The predicted octanol–water partition coefficient (Wildman–Crippen LogP) is 0.680. The van der Waals surface area contributed by atoms with Gasteiger partial charge < -0.3 is 9.84 Å². The number of methoxy groups -OCH3 is 1. The van der Waals surface area contributed by atoms with Crippen LogP contribution in [0.5, 0.6) is 0 Å². The van der Waals surface area contributed by atoms with E-state index in [-0.39, 0.29) is 24.3 Å². The van der Waals surface area contributed by atoms with Gasteiger partial charge in [0.2, 0.25) is 10.0 Å². The Morgan fingerprint density at radius 2 is 2.05 bits per heavy atom. The molecule has 3 atom stereocenters. The van der Waals surface area contributed by atoms with Crippen LogP contribution in [0, 0.1) is 5.92 Å². The van der Waals surface area contributed by atoms with Crippen LogP contribution in [-0.4, -0.2) is 55.4 Å². The van der Waals surface area contributed by atoms with Gasteiger partial charge in [0.25, 0.3) is 0 Å². The molecule has 0 aromatic heterocycles. The molecular formula is C12H21NO5S. The lowest BCUT2D eigenvalue weighted by molar-refractivity contribution is -0.141. The van der Waals surface area contributed by atoms with E-state index in [2.05, 4.69) is 0 Å². The number of rotatable bonds is 5. The van der Waals surface area contributed by atoms with Crippen LogP contribution >= 0.6 is 0 Å². The zero-order valence-electron chi connectivity index (χ0n) is 11.1. The van der Waals surface area contributed by atoms with Crippen molar-refractivity contribution < 1.29 is 23.1 Å². The first-order valence-electron chi connectivity index (χ1n) is 6.70. The van der Waals surface area contributed by atoms with Gasteiger partial charge in [0.1, 0.15) is 6.04 Å². The Balaban J connectivity index is 2.24. The molecule has 0 radical (unpaired) electrons. The third-order valence-corrected chi connectivity index (χ3v) is 6.03. The average Bonchev–Trinajstić information content (AvgIpc) is 2.76. The molecule has 1 N–H and O–H groups in total. The molecule has 2 aliphatic rings. The van der Waals surface area contributed by atoms with Crippen molar-refractivity contribution in [1.29, 1.82) is 0 Å². The molecule has 1 aliphatic carbocycles.